The van der Waals surface area contributed by atoms with E-state index in [0.29, 0.717) is 6.61 Å². The normalized spacial score (nSPS) is 17.2. The van der Waals surface area contributed by atoms with Crippen molar-refractivity contribution in [3.63, 3.8) is 0 Å². The van der Waals surface area contributed by atoms with Gasteiger partial charge in [0.05, 0.1) is 19.2 Å². The maximum atomic E-state index is 13.7. The van der Waals surface area contributed by atoms with Crippen molar-refractivity contribution in [1.29, 1.82) is 0 Å². The molecule has 0 aromatic heterocycles. The summed E-state index contributed by atoms with van der Waals surface area (Å²) >= 11 is 0. The Balaban J connectivity index is 1.46. The van der Waals surface area contributed by atoms with Crippen LogP contribution in [0.3, 0.4) is 0 Å². The van der Waals surface area contributed by atoms with E-state index >= 15 is 0 Å². The molecule has 4 aromatic rings. The third kappa shape index (κ3) is 4.49. The molecule has 2 unspecified atom stereocenters. The molecule has 4 aromatic carbocycles. The SMILES string of the molecule is COc1ccc2c(c1)CC(c1ccc(OCc3ccccc3)cc1)N(c1ccc(F)cc1)C2C. The fourth-order valence-corrected chi connectivity index (χ4v) is 4.84. The first-order valence-electron chi connectivity index (χ1n) is 11.6. The average molecular weight is 454 g/mol. The molecule has 172 valence electrons. The molecule has 1 aliphatic heterocycles. The first-order valence-corrected chi connectivity index (χ1v) is 11.6. The van der Waals surface area contributed by atoms with Crippen LogP contribution in [0.5, 0.6) is 11.5 Å². The molecular formula is C30H28FNO2. The summed E-state index contributed by atoms with van der Waals surface area (Å²) in [6.07, 6.45) is 0.832. The van der Waals surface area contributed by atoms with Crippen molar-refractivity contribution in [3.05, 3.63) is 125 Å². The van der Waals surface area contributed by atoms with Crippen molar-refractivity contribution < 1.29 is 13.9 Å². The molecule has 1 heterocycles. The van der Waals surface area contributed by atoms with Crippen LogP contribution in [0.15, 0.2) is 97.1 Å². The number of ether oxygens (including phenoxy) is 2. The van der Waals surface area contributed by atoms with Gasteiger partial charge in [0.1, 0.15) is 23.9 Å². The van der Waals surface area contributed by atoms with E-state index in [1.807, 2.05) is 48.5 Å². The quantitative estimate of drug-likeness (QED) is 0.306. The van der Waals surface area contributed by atoms with Gasteiger partial charge in [0, 0.05) is 5.69 Å². The molecule has 3 nitrogen and oxygen atoms in total. The van der Waals surface area contributed by atoms with Crippen molar-refractivity contribution in [2.75, 3.05) is 12.0 Å². The van der Waals surface area contributed by atoms with E-state index in [1.54, 1.807) is 7.11 Å². The predicted molar refractivity (Wildman–Crippen MR) is 134 cm³/mol. The smallest absolute Gasteiger partial charge is 0.123 e. The number of halogens is 1. The van der Waals surface area contributed by atoms with Gasteiger partial charge in [-0.15, -0.1) is 0 Å². The minimum absolute atomic E-state index is 0.100. The Bertz CT molecular complexity index is 1240. The minimum Gasteiger partial charge on any atom is -0.497 e. The van der Waals surface area contributed by atoms with Crippen LogP contribution in [-0.4, -0.2) is 7.11 Å². The zero-order valence-electron chi connectivity index (χ0n) is 19.4. The van der Waals surface area contributed by atoms with Crippen LogP contribution in [0, 0.1) is 5.82 Å². The lowest BCUT2D eigenvalue weighted by atomic mass is 9.85. The molecule has 34 heavy (non-hydrogen) atoms. The number of fused-ring (bicyclic) bond motifs is 1. The molecule has 0 spiro atoms. The van der Waals surface area contributed by atoms with Crippen LogP contribution in [0.25, 0.3) is 0 Å². The minimum atomic E-state index is -0.227. The number of anilines is 1. The molecule has 0 saturated carbocycles. The Hall–Kier alpha value is -3.79. The number of methoxy groups -OCH3 is 1. The van der Waals surface area contributed by atoms with Gasteiger partial charge in [0.2, 0.25) is 0 Å². The topological polar surface area (TPSA) is 21.7 Å². The Morgan fingerprint density at radius 3 is 2.26 bits per heavy atom. The van der Waals surface area contributed by atoms with E-state index in [-0.39, 0.29) is 17.9 Å². The summed E-state index contributed by atoms with van der Waals surface area (Å²) in [5, 5.41) is 0. The van der Waals surface area contributed by atoms with Crippen LogP contribution >= 0.6 is 0 Å². The maximum Gasteiger partial charge on any atom is 0.123 e. The number of benzene rings is 4. The van der Waals surface area contributed by atoms with E-state index in [9.17, 15) is 4.39 Å². The molecule has 2 atom stereocenters. The number of rotatable bonds is 6. The fourth-order valence-electron chi connectivity index (χ4n) is 4.84. The van der Waals surface area contributed by atoms with Gasteiger partial charge in [-0.1, -0.05) is 48.5 Å². The van der Waals surface area contributed by atoms with E-state index in [4.69, 9.17) is 9.47 Å². The molecule has 0 aliphatic carbocycles. The summed E-state index contributed by atoms with van der Waals surface area (Å²) < 4.78 is 25.2. The highest BCUT2D eigenvalue weighted by Gasteiger charge is 2.33. The Morgan fingerprint density at radius 2 is 1.56 bits per heavy atom. The van der Waals surface area contributed by atoms with Crippen molar-refractivity contribution in [3.8, 4) is 11.5 Å². The second-order valence-corrected chi connectivity index (χ2v) is 8.69. The Morgan fingerprint density at radius 1 is 0.853 bits per heavy atom. The first kappa shape index (κ1) is 22.0. The van der Waals surface area contributed by atoms with Crippen LogP contribution in [0.2, 0.25) is 0 Å². The van der Waals surface area contributed by atoms with Crippen LogP contribution in [0.4, 0.5) is 10.1 Å². The largest absolute Gasteiger partial charge is 0.497 e. The molecule has 0 fully saturated rings. The molecule has 5 rings (SSSR count). The number of hydrogen-bond acceptors (Lipinski definition) is 3. The summed E-state index contributed by atoms with van der Waals surface area (Å²) in [4.78, 5) is 2.38. The molecule has 0 radical (unpaired) electrons. The molecule has 4 heteroatoms. The van der Waals surface area contributed by atoms with Crippen LogP contribution in [-0.2, 0) is 13.0 Å². The van der Waals surface area contributed by atoms with E-state index in [0.717, 1.165) is 29.2 Å². The zero-order valence-corrected chi connectivity index (χ0v) is 19.4. The molecule has 0 amide bonds. The maximum absolute atomic E-state index is 13.7. The third-order valence-corrected chi connectivity index (χ3v) is 6.60. The number of nitrogens with zero attached hydrogens (tertiary/aromatic N) is 1. The summed E-state index contributed by atoms with van der Waals surface area (Å²) in [7, 11) is 1.70. The molecule has 0 bridgehead atoms. The molecule has 1 aliphatic rings. The zero-order chi connectivity index (χ0) is 23.5. The molecule has 0 N–H and O–H groups in total. The van der Waals surface area contributed by atoms with Gasteiger partial charge in [0.15, 0.2) is 0 Å². The van der Waals surface area contributed by atoms with Crippen molar-refractivity contribution >= 4 is 5.69 Å². The third-order valence-electron chi connectivity index (χ3n) is 6.60. The standard InChI is InChI=1S/C30H28FNO2/c1-21-29-17-16-28(33-2)18-24(29)19-30(32(21)26-12-10-25(31)11-13-26)23-8-14-27(15-9-23)34-20-22-6-4-3-5-7-22/h3-18,21,30H,19-20H2,1-2H3. The Kier molecular flexibility index (Phi) is 6.22. The van der Waals surface area contributed by atoms with E-state index in [1.165, 1.54) is 28.8 Å². The van der Waals surface area contributed by atoms with Crippen LogP contribution in [0.1, 0.15) is 41.3 Å². The Labute approximate surface area is 200 Å². The summed E-state index contributed by atoms with van der Waals surface area (Å²) in [5.74, 6) is 1.48. The fraction of sp³-hybridized carbons (Fsp3) is 0.200. The lowest BCUT2D eigenvalue weighted by molar-refractivity contribution is 0.306. The van der Waals surface area contributed by atoms with Gasteiger partial charge in [-0.3, -0.25) is 0 Å². The highest BCUT2D eigenvalue weighted by Crippen LogP contribution is 2.44. The van der Waals surface area contributed by atoms with Gasteiger partial charge < -0.3 is 14.4 Å². The molecular weight excluding hydrogens is 425 g/mol. The predicted octanol–water partition coefficient (Wildman–Crippen LogP) is 7.28. The number of hydrogen-bond donors (Lipinski definition) is 0. The summed E-state index contributed by atoms with van der Waals surface area (Å²) in [6.45, 7) is 2.74. The van der Waals surface area contributed by atoms with Gasteiger partial charge in [-0.2, -0.15) is 0 Å². The molecule has 0 saturated heterocycles. The lowest BCUT2D eigenvalue weighted by Crippen LogP contribution is -2.37. The van der Waals surface area contributed by atoms with Gasteiger partial charge >= 0.3 is 0 Å². The average Bonchev–Trinajstić information content (AvgIpc) is 2.89. The second-order valence-electron chi connectivity index (χ2n) is 8.69. The first-order chi connectivity index (χ1) is 16.6. The van der Waals surface area contributed by atoms with E-state index < -0.39 is 0 Å². The van der Waals surface area contributed by atoms with E-state index in [2.05, 4.69) is 48.2 Å². The van der Waals surface area contributed by atoms with Crippen molar-refractivity contribution in [2.45, 2.75) is 32.0 Å². The van der Waals surface area contributed by atoms with Crippen molar-refractivity contribution in [1.82, 2.24) is 0 Å². The second kappa shape index (κ2) is 9.60. The highest BCUT2D eigenvalue weighted by atomic mass is 19.1. The van der Waals surface area contributed by atoms with Crippen molar-refractivity contribution in [2.24, 2.45) is 0 Å². The highest BCUT2D eigenvalue weighted by molar-refractivity contribution is 5.56. The lowest BCUT2D eigenvalue weighted by Gasteiger charge is -2.44. The summed E-state index contributed by atoms with van der Waals surface area (Å²) in [5.41, 5.74) is 5.88. The van der Waals surface area contributed by atoms with Gasteiger partial charge in [0.25, 0.3) is 0 Å². The summed E-state index contributed by atoms with van der Waals surface area (Å²) in [6, 6.07) is 31.8. The van der Waals surface area contributed by atoms with Gasteiger partial charge in [-0.05, 0) is 84.1 Å². The van der Waals surface area contributed by atoms with Crippen LogP contribution < -0.4 is 14.4 Å². The monoisotopic (exact) mass is 453 g/mol. The van der Waals surface area contributed by atoms with Gasteiger partial charge in [-0.25, -0.2) is 4.39 Å².